The minimum Gasteiger partial charge on any atom is -0.508 e. The van der Waals surface area contributed by atoms with Gasteiger partial charge in [0.1, 0.15) is 5.75 Å². The second-order valence-electron chi connectivity index (χ2n) is 18.4. The van der Waals surface area contributed by atoms with Crippen molar-refractivity contribution < 1.29 is 39.8 Å². The highest BCUT2D eigenvalue weighted by molar-refractivity contribution is 5.95. The highest BCUT2D eigenvalue weighted by Crippen LogP contribution is 2.47. The Morgan fingerprint density at radius 2 is 1.60 bits per heavy atom. The van der Waals surface area contributed by atoms with Gasteiger partial charge in [-0.05, 0) is 163 Å². The van der Waals surface area contributed by atoms with Crippen molar-refractivity contribution in [3.05, 3.63) is 148 Å². The van der Waals surface area contributed by atoms with Crippen molar-refractivity contribution in [2.45, 2.75) is 114 Å². The molecule has 1 aromatic heterocycles. The molecule has 5 aromatic carbocycles. The molecule has 1 heterocycles. The van der Waals surface area contributed by atoms with Gasteiger partial charge in [0.15, 0.2) is 28.8 Å². The molecule has 0 radical (unpaired) electrons. The van der Waals surface area contributed by atoms with Gasteiger partial charge in [-0.2, -0.15) is 0 Å². The maximum atomic E-state index is 15.8. The number of aromatic nitrogens is 1. The van der Waals surface area contributed by atoms with Crippen LogP contribution in [0.4, 0.5) is 0 Å². The van der Waals surface area contributed by atoms with Crippen LogP contribution in [0.2, 0.25) is 0 Å². The van der Waals surface area contributed by atoms with E-state index >= 15 is 4.79 Å². The Kier molecular flexibility index (Phi) is 14.2. The molecule has 2 saturated carbocycles. The number of carbonyl (C=O) groups excluding carboxylic acids is 1. The van der Waals surface area contributed by atoms with Crippen LogP contribution < -0.4 is 14.8 Å². The third-order valence-electron chi connectivity index (χ3n) is 14.3. The molecule has 10 nitrogen and oxygen atoms in total. The molecule has 7 N–H and O–H groups in total. The summed E-state index contributed by atoms with van der Waals surface area (Å²) in [6, 6.07) is 28.3. The van der Waals surface area contributed by atoms with Crippen LogP contribution in [0.5, 0.6) is 28.7 Å². The minimum atomic E-state index is -1.57. The van der Waals surface area contributed by atoms with E-state index in [1.807, 2.05) is 42.7 Å². The number of Topliss-reactive ketones (excluding diaryl/α,β-unsaturated/α-hetero) is 1. The second-order valence-corrected chi connectivity index (χ2v) is 18.4. The summed E-state index contributed by atoms with van der Waals surface area (Å²) in [5, 5.41) is 64.0. The van der Waals surface area contributed by atoms with E-state index in [0.29, 0.717) is 48.4 Å². The third kappa shape index (κ3) is 9.62. The molecule has 2 aliphatic rings. The molecule has 0 unspecified atom stereocenters. The number of H-pyrrole nitrogens is 1. The Morgan fingerprint density at radius 3 is 2.35 bits per heavy atom. The number of carbonyl (C=O) groups is 1. The van der Waals surface area contributed by atoms with Crippen molar-refractivity contribution in [2.75, 3.05) is 14.2 Å². The number of fused-ring (bicyclic) bond motifs is 1. The van der Waals surface area contributed by atoms with Crippen molar-refractivity contribution in [1.29, 1.82) is 0 Å². The van der Waals surface area contributed by atoms with Crippen LogP contribution in [-0.4, -0.2) is 68.8 Å². The van der Waals surface area contributed by atoms with Gasteiger partial charge in [0.05, 0.1) is 30.8 Å². The Morgan fingerprint density at radius 1 is 0.815 bits per heavy atom. The monoisotopic (exact) mass is 880 g/mol. The smallest absolute Gasteiger partial charge is 0.164 e. The normalized spacial score (nSPS) is 20.2. The molecule has 6 aromatic rings. The van der Waals surface area contributed by atoms with Gasteiger partial charge in [-0.3, -0.25) is 4.79 Å². The van der Waals surface area contributed by atoms with E-state index in [1.54, 1.807) is 50.6 Å². The average molecular weight is 881 g/mol. The van der Waals surface area contributed by atoms with Gasteiger partial charge in [-0.15, -0.1) is 0 Å². The number of aryl methyl sites for hydroxylation is 1. The van der Waals surface area contributed by atoms with Crippen LogP contribution in [0.15, 0.2) is 103 Å². The number of ketones is 1. The SMILES string of the molecule is CCc1ccc2ccccc2c1Cc1c(C[C@H](Cc2cc[nH]c2)[C@H](O)[C@H]2CC[C@H](O)[C@](Cc3ccc(O)c(OC4CCCCC4)c3)(c3cc(O)cc(CNC)c3)C2=O)ccc(O)c1OC. The zero-order chi connectivity index (χ0) is 45.7. The van der Waals surface area contributed by atoms with E-state index in [0.717, 1.165) is 77.1 Å². The summed E-state index contributed by atoms with van der Waals surface area (Å²) in [4.78, 5) is 19.0. The predicted octanol–water partition coefficient (Wildman–Crippen LogP) is 9.16. The number of phenolic OH excluding ortho intramolecular Hbond substituents is 3. The van der Waals surface area contributed by atoms with E-state index in [-0.39, 0.29) is 48.4 Å². The van der Waals surface area contributed by atoms with Crippen LogP contribution in [0.3, 0.4) is 0 Å². The quantitative estimate of drug-likeness (QED) is 0.0473. The van der Waals surface area contributed by atoms with Gasteiger partial charge in [0.25, 0.3) is 0 Å². The molecular weight excluding hydrogens is 817 g/mol. The van der Waals surface area contributed by atoms with E-state index in [4.69, 9.17) is 9.47 Å². The molecule has 0 amide bonds. The molecule has 10 heteroatoms. The van der Waals surface area contributed by atoms with Gasteiger partial charge >= 0.3 is 0 Å². The first-order chi connectivity index (χ1) is 31.5. The number of phenols is 3. The fourth-order valence-corrected chi connectivity index (χ4v) is 10.9. The number of hydrogen-bond acceptors (Lipinski definition) is 9. The van der Waals surface area contributed by atoms with Crippen LogP contribution in [0, 0.1) is 11.8 Å². The molecular formula is C55H64N2O8. The lowest BCUT2D eigenvalue weighted by Gasteiger charge is -2.46. The Hall–Kier alpha value is -5.81. The largest absolute Gasteiger partial charge is 0.508 e. The number of hydrogen-bond donors (Lipinski definition) is 7. The topological polar surface area (TPSA) is 164 Å². The summed E-state index contributed by atoms with van der Waals surface area (Å²) in [5.74, 6) is -0.949. The van der Waals surface area contributed by atoms with Gasteiger partial charge in [-0.25, -0.2) is 0 Å². The molecule has 0 spiro atoms. The number of methoxy groups -OCH3 is 1. The zero-order valence-corrected chi connectivity index (χ0v) is 37.9. The van der Waals surface area contributed by atoms with Crippen molar-refractivity contribution in [3.8, 4) is 28.7 Å². The minimum absolute atomic E-state index is 0.00931. The first kappa shape index (κ1) is 45.7. The van der Waals surface area contributed by atoms with E-state index < -0.39 is 29.5 Å². The van der Waals surface area contributed by atoms with Crippen LogP contribution in [0.25, 0.3) is 10.8 Å². The van der Waals surface area contributed by atoms with Crippen LogP contribution in [0.1, 0.15) is 96.4 Å². The Balaban J connectivity index is 1.20. The Bertz CT molecular complexity index is 2580. The van der Waals surface area contributed by atoms with Gasteiger partial charge in [0.2, 0.25) is 0 Å². The molecule has 2 aliphatic carbocycles. The number of nitrogens with one attached hydrogen (secondary N) is 2. The van der Waals surface area contributed by atoms with Gasteiger partial charge in [0, 0.05) is 36.8 Å². The molecule has 8 rings (SSSR count). The lowest BCUT2D eigenvalue weighted by atomic mass is 9.58. The summed E-state index contributed by atoms with van der Waals surface area (Å²) in [6.07, 6.45) is 9.12. The lowest BCUT2D eigenvalue weighted by molar-refractivity contribution is -0.144. The number of aromatic hydroxyl groups is 3. The summed E-state index contributed by atoms with van der Waals surface area (Å²) in [7, 11) is 3.37. The standard InChI is InChI=1S/C55H64N2O8/c1-4-37-15-16-38-10-8-9-13-44(38)46(37)30-47-39(17-20-49(60)53(47)64-3)28-40(24-35-22-23-57-33-35)52(62)45-18-21-51(61)55(54(45)63,41-25-36(32-56-2)26-42(58)29-41)31-34-14-19-48(59)50(27-34)65-43-11-6-5-7-12-43/h8-10,13-17,19-20,22-23,25-27,29,33,40,43,45,51-52,56-62H,4-7,11-12,18,21,24,28,30-32H2,1-3H3/t40-,45+,51-,52-,55-/m0/s1. The molecule has 65 heavy (non-hydrogen) atoms. The summed E-state index contributed by atoms with van der Waals surface area (Å²) in [5.41, 5.74) is 5.34. The number of rotatable bonds is 17. The molecule has 0 aliphatic heterocycles. The highest BCUT2D eigenvalue weighted by atomic mass is 16.5. The number of aliphatic hydroxyl groups excluding tert-OH is 2. The van der Waals surface area contributed by atoms with E-state index in [1.165, 1.54) is 5.56 Å². The van der Waals surface area contributed by atoms with Gasteiger partial charge in [-0.1, -0.05) is 67.9 Å². The number of ether oxygens (including phenoxy) is 2. The predicted molar refractivity (Wildman–Crippen MR) is 254 cm³/mol. The average Bonchev–Trinajstić information content (AvgIpc) is 3.83. The van der Waals surface area contributed by atoms with Crippen LogP contribution in [-0.2, 0) is 48.9 Å². The van der Waals surface area contributed by atoms with Crippen molar-refractivity contribution in [3.63, 3.8) is 0 Å². The fraction of sp³-hybridized carbons (Fsp3) is 0.400. The number of aromatic amines is 1. The van der Waals surface area contributed by atoms with Crippen LogP contribution >= 0.6 is 0 Å². The molecule has 0 saturated heterocycles. The third-order valence-corrected chi connectivity index (χ3v) is 14.3. The van der Waals surface area contributed by atoms with Crippen molar-refractivity contribution in [1.82, 2.24) is 10.3 Å². The molecule has 342 valence electrons. The fourth-order valence-electron chi connectivity index (χ4n) is 10.9. The summed E-state index contributed by atoms with van der Waals surface area (Å²) >= 11 is 0. The van der Waals surface area contributed by atoms with Crippen molar-refractivity contribution >= 4 is 16.6 Å². The summed E-state index contributed by atoms with van der Waals surface area (Å²) < 4.78 is 12.3. The summed E-state index contributed by atoms with van der Waals surface area (Å²) in [6.45, 7) is 2.56. The zero-order valence-electron chi connectivity index (χ0n) is 37.9. The van der Waals surface area contributed by atoms with Crippen molar-refractivity contribution in [2.24, 2.45) is 11.8 Å². The second kappa shape index (κ2) is 20.1. The maximum absolute atomic E-state index is 15.8. The number of benzene rings is 5. The molecule has 0 bridgehead atoms. The highest BCUT2D eigenvalue weighted by Gasteiger charge is 2.54. The Labute approximate surface area is 382 Å². The first-order valence-corrected chi connectivity index (χ1v) is 23.4. The van der Waals surface area contributed by atoms with Gasteiger partial charge < -0.3 is 45.3 Å². The lowest BCUT2D eigenvalue weighted by Crippen LogP contribution is -2.57. The maximum Gasteiger partial charge on any atom is 0.164 e. The molecule has 5 atom stereocenters. The first-order valence-electron chi connectivity index (χ1n) is 23.4. The van der Waals surface area contributed by atoms with E-state index in [2.05, 4.69) is 41.5 Å². The molecule has 2 fully saturated rings. The number of aliphatic hydroxyl groups is 2. The van der Waals surface area contributed by atoms with E-state index in [9.17, 15) is 25.5 Å².